The van der Waals surface area contributed by atoms with Crippen molar-refractivity contribution < 1.29 is 9.63 Å². The topological polar surface area (TPSA) is 50.7 Å². The van der Waals surface area contributed by atoms with Gasteiger partial charge in [-0.3, -0.25) is 4.84 Å². The third kappa shape index (κ3) is 8.00. The Bertz CT molecular complexity index is 169. The number of unbranched alkanes of at least 4 members (excludes halogenated alkanes) is 1. The van der Waals surface area contributed by atoms with Crippen molar-refractivity contribution in [2.24, 2.45) is 5.16 Å². The van der Waals surface area contributed by atoms with Crippen molar-refractivity contribution in [3.05, 3.63) is 0 Å². The maximum Gasteiger partial charge on any atom is 0.433 e. The molecule has 0 saturated heterocycles. The minimum atomic E-state index is -0.542. The van der Waals surface area contributed by atoms with Gasteiger partial charge in [0.05, 0.1) is 0 Å². The van der Waals surface area contributed by atoms with Crippen LogP contribution in [0.25, 0.3) is 0 Å². The average Bonchev–Trinajstić information content (AvgIpc) is 2.01. The summed E-state index contributed by atoms with van der Waals surface area (Å²) in [7, 11) is 0. The second kappa shape index (κ2) is 7.54. The SMILES string of the molecule is CCCCNC(=O)ON=C(Br)Br. The van der Waals surface area contributed by atoms with Crippen LogP contribution in [0.15, 0.2) is 5.16 Å². The van der Waals surface area contributed by atoms with Gasteiger partial charge < -0.3 is 5.32 Å². The van der Waals surface area contributed by atoms with E-state index in [1.54, 1.807) is 0 Å². The molecular formula is C6H10Br2N2O2. The maximum absolute atomic E-state index is 10.7. The van der Waals surface area contributed by atoms with Crippen molar-refractivity contribution in [2.45, 2.75) is 19.8 Å². The predicted octanol–water partition coefficient (Wildman–Crippen LogP) is 2.57. The third-order valence-electron chi connectivity index (χ3n) is 0.997. The molecule has 0 spiro atoms. The Morgan fingerprint density at radius 1 is 1.58 bits per heavy atom. The van der Waals surface area contributed by atoms with E-state index >= 15 is 0 Å². The first-order valence-electron chi connectivity index (χ1n) is 3.50. The van der Waals surface area contributed by atoms with Crippen LogP contribution < -0.4 is 5.32 Å². The Kier molecular flexibility index (Phi) is 7.48. The summed E-state index contributed by atoms with van der Waals surface area (Å²) >= 11 is 5.89. The van der Waals surface area contributed by atoms with Crippen LogP contribution in [0.5, 0.6) is 0 Å². The molecule has 0 aliphatic carbocycles. The van der Waals surface area contributed by atoms with Gasteiger partial charge in [-0.05, 0) is 38.3 Å². The van der Waals surface area contributed by atoms with E-state index in [9.17, 15) is 4.79 Å². The minimum absolute atomic E-state index is 0.348. The smallest absolute Gasteiger partial charge is 0.320 e. The van der Waals surface area contributed by atoms with Crippen molar-refractivity contribution in [1.82, 2.24) is 5.32 Å². The van der Waals surface area contributed by atoms with Crippen LogP contribution in [-0.2, 0) is 4.84 Å². The van der Waals surface area contributed by atoms with E-state index in [0.717, 1.165) is 12.8 Å². The molecule has 0 atom stereocenters. The normalized spacial score (nSPS) is 8.92. The van der Waals surface area contributed by atoms with Crippen molar-refractivity contribution in [3.63, 3.8) is 0 Å². The van der Waals surface area contributed by atoms with Gasteiger partial charge in [0.1, 0.15) is 0 Å². The molecule has 0 bridgehead atoms. The highest BCUT2D eigenvalue weighted by Gasteiger charge is 1.98. The Hall–Kier alpha value is -0.100. The number of hydrogen-bond acceptors (Lipinski definition) is 3. The lowest BCUT2D eigenvalue weighted by Gasteiger charge is -1.99. The first-order valence-corrected chi connectivity index (χ1v) is 5.09. The summed E-state index contributed by atoms with van der Waals surface area (Å²) in [4.78, 5) is 15.1. The minimum Gasteiger partial charge on any atom is -0.320 e. The number of halogens is 2. The van der Waals surface area contributed by atoms with Crippen LogP contribution in [0.4, 0.5) is 4.79 Å². The van der Waals surface area contributed by atoms with Crippen LogP contribution in [-0.4, -0.2) is 16.2 Å². The number of carbonyl (C=O) groups is 1. The number of carbonyl (C=O) groups excluding carboxylic acids is 1. The highest BCUT2D eigenvalue weighted by Crippen LogP contribution is 1.98. The second-order valence-corrected chi connectivity index (χ2v) is 4.56. The highest BCUT2D eigenvalue weighted by molar-refractivity contribution is 9.39. The molecule has 0 aliphatic heterocycles. The van der Waals surface area contributed by atoms with Crippen molar-refractivity contribution in [1.29, 1.82) is 0 Å². The molecule has 4 nitrogen and oxygen atoms in total. The van der Waals surface area contributed by atoms with Crippen molar-refractivity contribution >= 4 is 41.5 Å². The molecule has 0 aliphatic rings. The number of nitrogens with zero attached hydrogens (tertiary/aromatic N) is 1. The molecule has 1 amide bonds. The molecule has 0 fully saturated rings. The van der Waals surface area contributed by atoms with E-state index in [0.29, 0.717) is 10.1 Å². The zero-order chi connectivity index (χ0) is 9.40. The average molecular weight is 302 g/mol. The Morgan fingerprint density at radius 2 is 2.25 bits per heavy atom. The lowest BCUT2D eigenvalue weighted by Crippen LogP contribution is -2.23. The third-order valence-corrected chi connectivity index (χ3v) is 1.29. The molecule has 1 N–H and O–H groups in total. The zero-order valence-electron chi connectivity index (χ0n) is 6.64. The molecule has 0 heterocycles. The lowest BCUT2D eigenvalue weighted by atomic mass is 10.3. The summed E-state index contributed by atoms with van der Waals surface area (Å²) in [5.41, 5.74) is 0. The van der Waals surface area contributed by atoms with Crippen LogP contribution in [0.2, 0.25) is 0 Å². The summed E-state index contributed by atoms with van der Waals surface area (Å²) in [6, 6.07) is 0. The van der Waals surface area contributed by atoms with Crippen LogP contribution in [0.3, 0.4) is 0 Å². The molecule has 6 heteroatoms. The molecule has 0 radical (unpaired) electrons. The fraction of sp³-hybridized carbons (Fsp3) is 0.667. The van der Waals surface area contributed by atoms with Crippen LogP contribution in [0, 0.1) is 0 Å². The molecule has 12 heavy (non-hydrogen) atoms. The van der Waals surface area contributed by atoms with Crippen molar-refractivity contribution in [2.75, 3.05) is 6.54 Å². The van der Waals surface area contributed by atoms with Gasteiger partial charge >= 0.3 is 6.09 Å². The highest BCUT2D eigenvalue weighted by atomic mass is 79.9. The largest absolute Gasteiger partial charge is 0.433 e. The second-order valence-electron chi connectivity index (χ2n) is 1.99. The van der Waals surface area contributed by atoms with E-state index in [1.807, 2.05) is 6.92 Å². The van der Waals surface area contributed by atoms with E-state index in [1.165, 1.54) is 0 Å². The van der Waals surface area contributed by atoms with Crippen LogP contribution >= 0.6 is 31.9 Å². The summed E-state index contributed by atoms with van der Waals surface area (Å²) < 4.78 is 0.348. The Morgan fingerprint density at radius 3 is 2.75 bits per heavy atom. The summed E-state index contributed by atoms with van der Waals surface area (Å²) in [6.07, 6.45) is 1.43. The molecule has 0 unspecified atom stereocenters. The van der Waals surface area contributed by atoms with E-state index in [4.69, 9.17) is 0 Å². The van der Waals surface area contributed by atoms with Gasteiger partial charge in [-0.2, -0.15) is 0 Å². The molecule has 0 rings (SSSR count). The standard InChI is InChI=1S/C6H10Br2N2O2/c1-2-3-4-9-6(11)12-10-5(7)8/h2-4H2,1H3,(H,9,11). The summed E-state index contributed by atoms with van der Waals surface area (Å²) in [6.45, 7) is 2.66. The van der Waals surface area contributed by atoms with Crippen molar-refractivity contribution in [3.8, 4) is 0 Å². The van der Waals surface area contributed by atoms with E-state index in [2.05, 4.69) is 47.2 Å². The van der Waals surface area contributed by atoms with Gasteiger partial charge in [0.2, 0.25) is 0 Å². The quantitative estimate of drug-likeness (QED) is 0.375. The maximum atomic E-state index is 10.7. The first-order chi connectivity index (χ1) is 5.66. The first kappa shape index (κ1) is 11.9. The number of nitrogens with one attached hydrogen (secondary N) is 1. The summed E-state index contributed by atoms with van der Waals surface area (Å²) in [5, 5.41) is 5.87. The van der Waals surface area contributed by atoms with Gasteiger partial charge in [-0.25, -0.2) is 4.79 Å². The molecule has 70 valence electrons. The van der Waals surface area contributed by atoms with E-state index in [-0.39, 0.29) is 0 Å². The monoisotopic (exact) mass is 300 g/mol. The van der Waals surface area contributed by atoms with Gasteiger partial charge in [0.25, 0.3) is 0 Å². The number of hydrogen-bond donors (Lipinski definition) is 1. The predicted molar refractivity (Wildman–Crippen MR) is 54.7 cm³/mol. The van der Waals surface area contributed by atoms with Gasteiger partial charge in [0.15, 0.2) is 3.53 Å². The number of oxime groups is 1. The Labute approximate surface area is 88.0 Å². The molecule has 0 aromatic heterocycles. The Balaban J connectivity index is 3.41. The summed E-state index contributed by atoms with van der Waals surface area (Å²) in [5.74, 6) is 0. The van der Waals surface area contributed by atoms with Gasteiger partial charge in [0, 0.05) is 6.54 Å². The molecular weight excluding hydrogens is 292 g/mol. The fourth-order valence-electron chi connectivity index (χ4n) is 0.475. The van der Waals surface area contributed by atoms with Crippen LogP contribution in [0.1, 0.15) is 19.8 Å². The number of rotatable bonds is 4. The zero-order valence-corrected chi connectivity index (χ0v) is 9.81. The van der Waals surface area contributed by atoms with Gasteiger partial charge in [-0.15, -0.1) is 0 Å². The van der Waals surface area contributed by atoms with E-state index < -0.39 is 6.09 Å². The fourth-order valence-corrected chi connectivity index (χ4v) is 0.620. The molecule has 0 saturated carbocycles. The number of amides is 1. The molecule has 0 aromatic carbocycles. The lowest BCUT2D eigenvalue weighted by molar-refractivity contribution is 0.151. The molecule has 0 aromatic rings. The van der Waals surface area contributed by atoms with Gasteiger partial charge in [-0.1, -0.05) is 18.5 Å².